The van der Waals surface area contributed by atoms with Gasteiger partial charge in [-0.15, -0.1) is 11.6 Å². The number of hydrogen-bond donors (Lipinski definition) is 0. The van der Waals surface area contributed by atoms with E-state index >= 15 is 0 Å². The predicted octanol–water partition coefficient (Wildman–Crippen LogP) is 2.78. The van der Waals surface area contributed by atoms with Crippen LogP contribution in [0, 0.1) is 6.92 Å². The van der Waals surface area contributed by atoms with Crippen molar-refractivity contribution in [2.75, 3.05) is 24.4 Å². The van der Waals surface area contributed by atoms with Gasteiger partial charge in [-0.05, 0) is 32.6 Å². The van der Waals surface area contributed by atoms with Crippen LogP contribution in [0.1, 0.15) is 31.4 Å². The highest BCUT2D eigenvalue weighted by atomic mass is 35.5. The van der Waals surface area contributed by atoms with Gasteiger partial charge in [0.25, 0.3) is 0 Å². The minimum Gasteiger partial charge on any atom is -0.481 e. The second-order valence-corrected chi connectivity index (χ2v) is 5.05. The number of nitrogens with zero attached hydrogens (tertiary/aromatic N) is 3. The molecule has 1 saturated carbocycles. The molecule has 1 aliphatic carbocycles. The van der Waals surface area contributed by atoms with E-state index in [1.165, 1.54) is 19.3 Å². The van der Waals surface area contributed by atoms with Crippen molar-refractivity contribution < 1.29 is 4.74 Å². The summed E-state index contributed by atoms with van der Waals surface area (Å²) in [5.41, 5.74) is 0.937. The molecule has 4 nitrogen and oxygen atoms in total. The third-order valence-corrected chi connectivity index (χ3v) is 3.60. The summed E-state index contributed by atoms with van der Waals surface area (Å²) in [6.07, 6.45) is 4.70. The number of aryl methyl sites for hydroxylation is 1. The minimum absolute atomic E-state index is 0.569. The molecular weight excluding hydrogens is 250 g/mol. The highest BCUT2D eigenvalue weighted by Gasteiger charge is 2.26. The SMILES string of the molecule is COc1cc(C)nc(N(CCCCl)C2CCC2)n1. The molecule has 5 heteroatoms. The largest absolute Gasteiger partial charge is 0.481 e. The zero-order valence-electron chi connectivity index (χ0n) is 11.0. The highest BCUT2D eigenvalue weighted by molar-refractivity contribution is 6.17. The topological polar surface area (TPSA) is 38.2 Å². The van der Waals surface area contributed by atoms with Crippen molar-refractivity contribution in [3.63, 3.8) is 0 Å². The van der Waals surface area contributed by atoms with Gasteiger partial charge >= 0.3 is 0 Å². The van der Waals surface area contributed by atoms with Crippen molar-refractivity contribution >= 4 is 17.5 Å². The van der Waals surface area contributed by atoms with E-state index in [0.717, 1.165) is 24.6 Å². The molecule has 1 fully saturated rings. The van der Waals surface area contributed by atoms with Crippen LogP contribution < -0.4 is 9.64 Å². The molecule has 1 aromatic rings. The van der Waals surface area contributed by atoms with E-state index in [2.05, 4.69) is 14.9 Å². The number of alkyl halides is 1. The molecule has 0 aliphatic heterocycles. The van der Waals surface area contributed by atoms with Crippen molar-refractivity contribution in [3.05, 3.63) is 11.8 Å². The maximum absolute atomic E-state index is 5.80. The molecule has 0 unspecified atom stereocenters. The Kier molecular flexibility index (Phi) is 4.64. The van der Waals surface area contributed by atoms with Crippen LogP contribution in [0.2, 0.25) is 0 Å². The van der Waals surface area contributed by atoms with Gasteiger partial charge in [0.15, 0.2) is 0 Å². The average molecular weight is 270 g/mol. The fourth-order valence-electron chi connectivity index (χ4n) is 2.13. The van der Waals surface area contributed by atoms with Crippen LogP contribution in [0.5, 0.6) is 5.88 Å². The number of aromatic nitrogens is 2. The Labute approximate surface area is 113 Å². The number of ether oxygens (including phenoxy) is 1. The van der Waals surface area contributed by atoms with Crippen molar-refractivity contribution in [1.29, 1.82) is 0 Å². The molecule has 0 N–H and O–H groups in total. The molecule has 1 aliphatic rings. The third-order valence-electron chi connectivity index (χ3n) is 3.33. The van der Waals surface area contributed by atoms with Crippen LogP contribution in [-0.4, -0.2) is 35.5 Å². The number of halogens is 1. The lowest BCUT2D eigenvalue weighted by atomic mass is 9.91. The lowest BCUT2D eigenvalue weighted by molar-refractivity contribution is 0.373. The fourth-order valence-corrected chi connectivity index (χ4v) is 2.25. The van der Waals surface area contributed by atoms with Gasteiger partial charge in [-0.25, -0.2) is 4.98 Å². The Morgan fingerprint density at radius 1 is 1.44 bits per heavy atom. The number of hydrogen-bond acceptors (Lipinski definition) is 4. The zero-order chi connectivity index (χ0) is 13.0. The van der Waals surface area contributed by atoms with E-state index < -0.39 is 0 Å². The van der Waals surface area contributed by atoms with Gasteiger partial charge in [0, 0.05) is 30.2 Å². The second kappa shape index (κ2) is 6.23. The molecule has 1 aromatic heterocycles. The maximum atomic E-state index is 5.80. The summed E-state index contributed by atoms with van der Waals surface area (Å²) in [7, 11) is 1.64. The van der Waals surface area contributed by atoms with Crippen molar-refractivity contribution in [2.45, 2.75) is 38.6 Å². The molecule has 2 rings (SSSR count). The first-order valence-corrected chi connectivity index (χ1v) is 7.00. The lowest BCUT2D eigenvalue weighted by Gasteiger charge is -2.37. The molecule has 0 bridgehead atoms. The summed E-state index contributed by atoms with van der Waals surface area (Å²) in [4.78, 5) is 11.3. The Hall–Kier alpha value is -1.03. The second-order valence-electron chi connectivity index (χ2n) is 4.67. The standard InChI is InChI=1S/C13H20ClN3O/c1-10-9-12(18-2)16-13(15-10)17(8-4-7-14)11-5-3-6-11/h9,11H,3-8H2,1-2H3. The lowest BCUT2D eigenvalue weighted by Crippen LogP contribution is -2.42. The van der Waals surface area contributed by atoms with Gasteiger partial charge in [-0.1, -0.05) is 0 Å². The van der Waals surface area contributed by atoms with Gasteiger partial charge in [0.1, 0.15) is 0 Å². The van der Waals surface area contributed by atoms with Gasteiger partial charge in [0.2, 0.25) is 11.8 Å². The molecule has 1 heterocycles. The van der Waals surface area contributed by atoms with Crippen molar-refractivity contribution in [3.8, 4) is 5.88 Å². The summed E-state index contributed by atoms with van der Waals surface area (Å²) in [5, 5.41) is 0. The van der Waals surface area contributed by atoms with E-state index in [9.17, 15) is 0 Å². The summed E-state index contributed by atoms with van der Waals surface area (Å²) >= 11 is 5.80. The summed E-state index contributed by atoms with van der Waals surface area (Å²) in [5.74, 6) is 2.08. The smallest absolute Gasteiger partial charge is 0.229 e. The molecule has 0 aromatic carbocycles. The van der Waals surface area contributed by atoms with Gasteiger partial charge < -0.3 is 9.64 Å². The predicted molar refractivity (Wildman–Crippen MR) is 73.6 cm³/mol. The molecular formula is C13H20ClN3O. The molecule has 0 radical (unpaired) electrons. The first-order valence-electron chi connectivity index (χ1n) is 6.47. The van der Waals surface area contributed by atoms with Crippen LogP contribution in [-0.2, 0) is 0 Å². The molecule has 0 spiro atoms. The first kappa shape index (κ1) is 13.4. The minimum atomic E-state index is 0.569. The Morgan fingerprint density at radius 2 is 2.22 bits per heavy atom. The molecule has 0 atom stereocenters. The molecule has 100 valence electrons. The van der Waals surface area contributed by atoms with Crippen LogP contribution >= 0.6 is 11.6 Å². The summed E-state index contributed by atoms with van der Waals surface area (Å²) < 4.78 is 5.22. The third kappa shape index (κ3) is 3.05. The quantitative estimate of drug-likeness (QED) is 0.745. The van der Waals surface area contributed by atoms with Crippen molar-refractivity contribution in [1.82, 2.24) is 9.97 Å². The van der Waals surface area contributed by atoms with E-state index in [1.807, 2.05) is 13.0 Å². The molecule has 18 heavy (non-hydrogen) atoms. The van der Waals surface area contributed by atoms with Gasteiger partial charge in [-0.3, -0.25) is 0 Å². The summed E-state index contributed by atoms with van der Waals surface area (Å²) in [6, 6.07) is 2.42. The van der Waals surface area contributed by atoms with Crippen LogP contribution in [0.3, 0.4) is 0 Å². The Balaban J connectivity index is 2.19. The fraction of sp³-hybridized carbons (Fsp3) is 0.692. The van der Waals surface area contributed by atoms with Gasteiger partial charge in [-0.2, -0.15) is 4.98 Å². The molecule has 0 amide bonds. The monoisotopic (exact) mass is 269 g/mol. The highest BCUT2D eigenvalue weighted by Crippen LogP contribution is 2.28. The van der Waals surface area contributed by atoms with E-state index in [4.69, 9.17) is 16.3 Å². The zero-order valence-corrected chi connectivity index (χ0v) is 11.8. The van der Waals surface area contributed by atoms with Crippen LogP contribution in [0.25, 0.3) is 0 Å². The van der Waals surface area contributed by atoms with Gasteiger partial charge in [0.05, 0.1) is 7.11 Å². The average Bonchev–Trinajstić information content (AvgIpc) is 2.31. The van der Waals surface area contributed by atoms with Crippen molar-refractivity contribution in [2.24, 2.45) is 0 Å². The number of methoxy groups -OCH3 is 1. The Morgan fingerprint density at radius 3 is 2.78 bits per heavy atom. The Bertz CT molecular complexity index is 396. The summed E-state index contributed by atoms with van der Waals surface area (Å²) in [6.45, 7) is 2.88. The number of anilines is 1. The first-order chi connectivity index (χ1) is 8.74. The maximum Gasteiger partial charge on any atom is 0.229 e. The number of rotatable bonds is 6. The van der Waals surface area contributed by atoms with Crippen LogP contribution in [0.15, 0.2) is 6.07 Å². The normalized spacial score (nSPS) is 15.3. The van der Waals surface area contributed by atoms with E-state index in [-0.39, 0.29) is 0 Å². The molecule has 0 saturated heterocycles. The van der Waals surface area contributed by atoms with E-state index in [0.29, 0.717) is 17.8 Å². The van der Waals surface area contributed by atoms with E-state index in [1.54, 1.807) is 7.11 Å². The van der Waals surface area contributed by atoms with Crippen LogP contribution in [0.4, 0.5) is 5.95 Å².